The second-order valence-corrected chi connectivity index (χ2v) is 7.24. The highest BCUT2D eigenvalue weighted by Crippen LogP contribution is 2.18. The molecule has 0 radical (unpaired) electrons. The molecule has 1 N–H and O–H groups in total. The van der Waals surface area contributed by atoms with Gasteiger partial charge >= 0.3 is 0 Å². The first kappa shape index (κ1) is 15.3. The van der Waals surface area contributed by atoms with Crippen LogP contribution >= 0.6 is 11.6 Å². The van der Waals surface area contributed by atoms with Crippen molar-refractivity contribution in [2.24, 2.45) is 0 Å². The molecule has 0 aliphatic carbocycles. The Morgan fingerprint density at radius 3 is 2.35 bits per heavy atom. The molecule has 0 unspecified atom stereocenters. The average molecular weight is 315 g/mol. The van der Waals surface area contributed by atoms with Crippen molar-refractivity contribution in [2.45, 2.75) is 17.9 Å². The van der Waals surface area contributed by atoms with E-state index in [0.29, 0.717) is 31.2 Å². The number of sulfonamides is 1. The van der Waals surface area contributed by atoms with E-state index in [0.717, 1.165) is 4.90 Å². The maximum atomic E-state index is 12.5. The van der Waals surface area contributed by atoms with E-state index in [9.17, 15) is 8.42 Å². The molecule has 108 valence electrons. The van der Waals surface area contributed by atoms with Crippen LogP contribution in [-0.4, -0.2) is 44.9 Å². The topological polar surface area (TPSA) is 65.6 Å². The lowest BCUT2D eigenvalue weighted by atomic mass is 10.2. The number of nitrogens with one attached hydrogen (secondary N) is 1. The summed E-state index contributed by atoms with van der Waals surface area (Å²) >= 11 is 5.78. The van der Waals surface area contributed by atoms with Gasteiger partial charge in [0.2, 0.25) is 10.0 Å². The van der Waals surface area contributed by atoms with Crippen molar-refractivity contribution in [1.29, 1.82) is 5.26 Å². The van der Waals surface area contributed by atoms with Gasteiger partial charge < -0.3 is 4.90 Å². The fourth-order valence-electron chi connectivity index (χ4n) is 2.29. The molecule has 2 rings (SSSR count). The van der Waals surface area contributed by atoms with Crippen molar-refractivity contribution in [3.8, 4) is 6.07 Å². The van der Waals surface area contributed by atoms with Gasteiger partial charge in [-0.1, -0.05) is 11.6 Å². The maximum absolute atomic E-state index is 12.5. The SMILES string of the molecule is C[C@H](C#N)[NH+]1CCN(S(=O)(=O)c2ccc(Cl)cc2)CC1. The molecule has 1 saturated heterocycles. The minimum absolute atomic E-state index is 0.101. The first-order valence-corrected chi connectivity index (χ1v) is 8.27. The molecule has 0 saturated carbocycles. The Labute approximate surface area is 124 Å². The van der Waals surface area contributed by atoms with Crippen LogP contribution in [0.1, 0.15) is 6.92 Å². The lowest BCUT2D eigenvalue weighted by molar-refractivity contribution is -0.918. The first-order valence-electron chi connectivity index (χ1n) is 6.45. The number of benzene rings is 1. The molecule has 7 heteroatoms. The van der Waals surface area contributed by atoms with Gasteiger partial charge in [0.1, 0.15) is 6.07 Å². The van der Waals surface area contributed by atoms with Crippen LogP contribution in [0.4, 0.5) is 0 Å². The third-order valence-electron chi connectivity index (χ3n) is 3.62. The van der Waals surface area contributed by atoms with E-state index in [1.54, 1.807) is 12.1 Å². The zero-order chi connectivity index (χ0) is 14.8. The van der Waals surface area contributed by atoms with Crippen LogP contribution < -0.4 is 4.90 Å². The van der Waals surface area contributed by atoms with Crippen LogP contribution in [0.25, 0.3) is 0 Å². The minimum atomic E-state index is -3.46. The molecule has 1 aliphatic heterocycles. The van der Waals surface area contributed by atoms with Crippen LogP contribution in [0, 0.1) is 11.3 Å². The standard InChI is InChI=1S/C13H16ClN3O2S/c1-11(10-15)16-6-8-17(9-7-16)20(18,19)13-4-2-12(14)3-5-13/h2-5,11H,6-9H2,1H3/p+1/t11-/m1/s1. The average Bonchev–Trinajstić information content (AvgIpc) is 2.47. The summed E-state index contributed by atoms with van der Waals surface area (Å²) in [4.78, 5) is 1.40. The monoisotopic (exact) mass is 314 g/mol. The summed E-state index contributed by atoms with van der Waals surface area (Å²) in [6.07, 6.45) is 0. The van der Waals surface area contributed by atoms with Crippen LogP contribution in [0.3, 0.4) is 0 Å². The highest BCUT2D eigenvalue weighted by molar-refractivity contribution is 7.89. The predicted molar refractivity (Wildman–Crippen MR) is 76.0 cm³/mol. The van der Waals surface area contributed by atoms with Crippen molar-refractivity contribution in [2.75, 3.05) is 26.2 Å². The number of quaternary nitrogens is 1. The summed E-state index contributed by atoms with van der Waals surface area (Å²) in [6.45, 7) is 4.04. The van der Waals surface area contributed by atoms with Gasteiger partial charge in [-0.2, -0.15) is 9.57 Å². The zero-order valence-electron chi connectivity index (χ0n) is 11.2. The number of hydrogen-bond donors (Lipinski definition) is 1. The molecule has 5 nitrogen and oxygen atoms in total. The van der Waals surface area contributed by atoms with Gasteiger partial charge in [0.15, 0.2) is 6.04 Å². The smallest absolute Gasteiger partial charge is 0.243 e. The quantitative estimate of drug-likeness (QED) is 0.863. The highest BCUT2D eigenvalue weighted by atomic mass is 35.5. The summed E-state index contributed by atoms with van der Waals surface area (Å²) in [6, 6.07) is 8.30. The fourth-order valence-corrected chi connectivity index (χ4v) is 3.86. The van der Waals surface area contributed by atoms with E-state index < -0.39 is 10.0 Å². The molecular formula is C13H17ClN3O2S+. The Bertz CT molecular complexity index is 601. The molecule has 1 aromatic rings. The zero-order valence-corrected chi connectivity index (χ0v) is 12.8. The van der Waals surface area contributed by atoms with Crippen LogP contribution in [0.2, 0.25) is 5.02 Å². The molecule has 0 aromatic heterocycles. The molecule has 0 spiro atoms. The number of hydrogen-bond acceptors (Lipinski definition) is 3. The maximum Gasteiger partial charge on any atom is 0.243 e. The number of halogens is 1. The van der Waals surface area contributed by atoms with E-state index in [1.165, 1.54) is 16.4 Å². The second kappa shape index (κ2) is 6.10. The summed E-state index contributed by atoms with van der Waals surface area (Å²) in [5, 5.41) is 9.42. The number of piperazine rings is 1. The van der Waals surface area contributed by atoms with E-state index in [2.05, 4.69) is 6.07 Å². The van der Waals surface area contributed by atoms with E-state index in [1.807, 2.05) is 6.92 Å². The van der Waals surface area contributed by atoms with Crippen molar-refractivity contribution in [3.63, 3.8) is 0 Å². The number of nitrogens with zero attached hydrogens (tertiary/aromatic N) is 2. The molecule has 1 aliphatic rings. The Morgan fingerprint density at radius 1 is 1.30 bits per heavy atom. The Morgan fingerprint density at radius 2 is 1.85 bits per heavy atom. The molecular weight excluding hydrogens is 298 g/mol. The summed E-state index contributed by atoms with van der Waals surface area (Å²) in [5.41, 5.74) is 0. The van der Waals surface area contributed by atoms with Gasteiger partial charge in [-0.3, -0.25) is 0 Å². The van der Waals surface area contributed by atoms with Crippen molar-refractivity contribution in [3.05, 3.63) is 29.3 Å². The van der Waals surface area contributed by atoms with Crippen molar-refractivity contribution < 1.29 is 13.3 Å². The third-order valence-corrected chi connectivity index (χ3v) is 5.79. The number of rotatable bonds is 3. The molecule has 0 amide bonds. The molecule has 1 atom stereocenters. The van der Waals surface area contributed by atoms with Crippen LogP contribution in [0.15, 0.2) is 29.2 Å². The van der Waals surface area contributed by atoms with E-state index >= 15 is 0 Å². The third kappa shape index (κ3) is 3.13. The van der Waals surface area contributed by atoms with Crippen molar-refractivity contribution in [1.82, 2.24) is 4.31 Å². The van der Waals surface area contributed by atoms with Gasteiger partial charge in [0.05, 0.1) is 31.1 Å². The normalized spacial score (nSPS) is 19.4. The minimum Gasteiger partial charge on any atom is -0.319 e. The molecule has 20 heavy (non-hydrogen) atoms. The van der Waals surface area contributed by atoms with Gasteiger partial charge in [0.25, 0.3) is 0 Å². The summed E-state index contributed by atoms with van der Waals surface area (Å²) in [5.74, 6) is 0. The fraction of sp³-hybridized carbons (Fsp3) is 0.462. The first-order chi connectivity index (χ1) is 9.45. The van der Waals surface area contributed by atoms with Crippen LogP contribution in [0.5, 0.6) is 0 Å². The molecule has 0 bridgehead atoms. The van der Waals surface area contributed by atoms with Gasteiger partial charge in [0, 0.05) is 11.9 Å². The lowest BCUT2D eigenvalue weighted by Gasteiger charge is -2.32. The van der Waals surface area contributed by atoms with E-state index in [-0.39, 0.29) is 10.9 Å². The molecule has 1 aromatic carbocycles. The summed E-state index contributed by atoms with van der Waals surface area (Å²) in [7, 11) is -3.46. The lowest BCUT2D eigenvalue weighted by Crippen LogP contribution is -3.17. The Kier molecular flexibility index (Phi) is 4.66. The van der Waals surface area contributed by atoms with Gasteiger partial charge in [-0.15, -0.1) is 0 Å². The summed E-state index contributed by atoms with van der Waals surface area (Å²) < 4.78 is 26.4. The van der Waals surface area contributed by atoms with Crippen molar-refractivity contribution >= 4 is 21.6 Å². The Hall–Kier alpha value is -1.13. The second-order valence-electron chi connectivity index (χ2n) is 4.87. The molecule has 1 heterocycles. The largest absolute Gasteiger partial charge is 0.319 e. The van der Waals surface area contributed by atoms with Gasteiger partial charge in [-0.05, 0) is 24.3 Å². The number of nitriles is 1. The van der Waals surface area contributed by atoms with Crippen LogP contribution in [-0.2, 0) is 10.0 Å². The van der Waals surface area contributed by atoms with E-state index in [4.69, 9.17) is 16.9 Å². The molecule has 1 fully saturated rings. The Balaban J connectivity index is 2.10. The van der Waals surface area contributed by atoms with Gasteiger partial charge in [-0.25, -0.2) is 8.42 Å². The highest BCUT2D eigenvalue weighted by Gasteiger charge is 2.32. The predicted octanol–water partition coefficient (Wildman–Crippen LogP) is 0.141.